The molecule has 106 valence electrons. The van der Waals surface area contributed by atoms with Crippen LogP contribution in [-0.2, 0) is 11.8 Å². The lowest BCUT2D eigenvalue weighted by atomic mass is 9.90. The number of rotatable bonds is 3. The van der Waals surface area contributed by atoms with Crippen LogP contribution in [0.2, 0.25) is 0 Å². The van der Waals surface area contributed by atoms with Crippen LogP contribution in [0.1, 0.15) is 24.8 Å². The number of hydrogen-bond donors (Lipinski definition) is 2. The molecule has 1 aromatic rings. The van der Waals surface area contributed by atoms with Gasteiger partial charge in [-0.1, -0.05) is 6.92 Å². The van der Waals surface area contributed by atoms with Crippen LogP contribution in [0.4, 0.5) is 0 Å². The maximum atomic E-state index is 12.3. The van der Waals surface area contributed by atoms with Crippen LogP contribution in [-0.4, -0.2) is 34.8 Å². The van der Waals surface area contributed by atoms with Crippen LogP contribution >= 0.6 is 12.4 Å². The summed E-state index contributed by atoms with van der Waals surface area (Å²) in [4.78, 5) is 12.3. The monoisotopic (exact) mass is 284 g/mol. The fourth-order valence-corrected chi connectivity index (χ4v) is 2.75. The van der Waals surface area contributed by atoms with Gasteiger partial charge in [0.2, 0.25) is 5.91 Å². The van der Waals surface area contributed by atoms with Crippen LogP contribution in [0.15, 0.2) is 12.4 Å². The lowest BCUT2D eigenvalue weighted by molar-refractivity contribution is -0.125. The van der Waals surface area contributed by atoms with Gasteiger partial charge < -0.3 is 10.6 Å². The molecule has 2 heterocycles. The Hall–Kier alpha value is -1.07. The zero-order valence-electron chi connectivity index (χ0n) is 11.3. The molecular weight excluding hydrogens is 264 g/mol. The molecule has 0 spiro atoms. The van der Waals surface area contributed by atoms with Crippen LogP contribution in [0.5, 0.6) is 0 Å². The minimum Gasteiger partial charge on any atom is -0.353 e. The number of nitrogens with one attached hydrogen (secondary N) is 2. The van der Waals surface area contributed by atoms with E-state index in [0.29, 0.717) is 12.0 Å². The summed E-state index contributed by atoms with van der Waals surface area (Å²) < 4.78 is 1.80. The van der Waals surface area contributed by atoms with E-state index in [2.05, 4.69) is 22.7 Å². The van der Waals surface area contributed by atoms with Crippen molar-refractivity contribution in [3.8, 4) is 0 Å². The second-order valence-electron chi connectivity index (χ2n) is 5.65. The van der Waals surface area contributed by atoms with Crippen LogP contribution in [0.3, 0.4) is 0 Å². The van der Waals surface area contributed by atoms with Gasteiger partial charge in [0.1, 0.15) is 0 Å². The lowest BCUT2D eigenvalue weighted by Gasteiger charge is -2.16. The van der Waals surface area contributed by atoms with Crippen molar-refractivity contribution in [1.29, 1.82) is 0 Å². The molecule has 2 unspecified atom stereocenters. The second-order valence-corrected chi connectivity index (χ2v) is 5.65. The largest absolute Gasteiger partial charge is 0.353 e. The Kier molecular flexibility index (Phi) is 4.16. The number of aromatic nitrogens is 2. The van der Waals surface area contributed by atoms with Crippen molar-refractivity contribution in [1.82, 2.24) is 20.4 Å². The summed E-state index contributed by atoms with van der Waals surface area (Å²) in [5.74, 6) is 1.15. The molecule has 1 saturated carbocycles. The van der Waals surface area contributed by atoms with Gasteiger partial charge in [-0.25, -0.2) is 0 Å². The SMILES string of the molecule is CC1CC1NC(=O)[C@H]1CNC[C@@H]1c1cnn(C)c1.Cl. The van der Waals surface area contributed by atoms with Gasteiger partial charge in [-0.05, 0) is 17.9 Å². The Morgan fingerprint density at radius 3 is 2.84 bits per heavy atom. The van der Waals surface area contributed by atoms with Gasteiger partial charge >= 0.3 is 0 Å². The predicted octanol–water partition coefficient (Wildman–Crippen LogP) is 0.669. The van der Waals surface area contributed by atoms with E-state index in [1.54, 1.807) is 4.68 Å². The first-order valence-electron chi connectivity index (χ1n) is 6.65. The van der Waals surface area contributed by atoms with Crippen molar-refractivity contribution in [2.24, 2.45) is 18.9 Å². The highest BCUT2D eigenvalue weighted by molar-refractivity contribution is 5.85. The fraction of sp³-hybridized carbons (Fsp3) is 0.692. The molecule has 0 radical (unpaired) electrons. The number of halogens is 1. The van der Waals surface area contributed by atoms with E-state index in [4.69, 9.17) is 0 Å². The zero-order valence-corrected chi connectivity index (χ0v) is 12.1. The number of amides is 1. The van der Waals surface area contributed by atoms with Crippen molar-refractivity contribution < 1.29 is 4.79 Å². The van der Waals surface area contributed by atoms with Crippen molar-refractivity contribution in [3.63, 3.8) is 0 Å². The molecule has 2 N–H and O–H groups in total. The molecule has 19 heavy (non-hydrogen) atoms. The van der Waals surface area contributed by atoms with Gasteiger partial charge in [0, 0.05) is 38.3 Å². The van der Waals surface area contributed by atoms with Crippen molar-refractivity contribution in [2.45, 2.75) is 25.3 Å². The Morgan fingerprint density at radius 2 is 2.26 bits per heavy atom. The molecule has 1 aliphatic carbocycles. The highest BCUT2D eigenvalue weighted by Gasteiger charge is 2.39. The summed E-state index contributed by atoms with van der Waals surface area (Å²) >= 11 is 0. The molecule has 5 nitrogen and oxygen atoms in total. The molecule has 0 aromatic carbocycles. The molecule has 2 aliphatic rings. The smallest absolute Gasteiger partial charge is 0.225 e. The summed E-state index contributed by atoms with van der Waals surface area (Å²) in [6.45, 7) is 3.81. The molecule has 6 heteroatoms. The minimum absolute atomic E-state index is 0. The summed E-state index contributed by atoms with van der Waals surface area (Å²) in [6, 6.07) is 0.410. The standard InChI is InChI=1S/C13H20N4O.ClH/c1-8-3-12(8)16-13(18)11-6-14-5-10(11)9-4-15-17(2)7-9;/h4,7-8,10-12,14H,3,5-6H2,1-2H3,(H,16,18);1H/t8?,10-,11+,12?;/m1./s1. The molecule has 0 bridgehead atoms. The van der Waals surface area contributed by atoms with E-state index in [0.717, 1.165) is 25.1 Å². The van der Waals surface area contributed by atoms with Gasteiger partial charge in [-0.3, -0.25) is 9.48 Å². The first-order valence-corrected chi connectivity index (χ1v) is 6.65. The van der Waals surface area contributed by atoms with Gasteiger partial charge in [-0.2, -0.15) is 5.10 Å². The first-order chi connectivity index (χ1) is 8.65. The molecule has 4 atom stereocenters. The molecule has 3 rings (SSSR count). The van der Waals surface area contributed by atoms with E-state index in [-0.39, 0.29) is 30.2 Å². The van der Waals surface area contributed by atoms with E-state index >= 15 is 0 Å². The van der Waals surface area contributed by atoms with Crippen LogP contribution < -0.4 is 10.6 Å². The number of hydrogen-bond acceptors (Lipinski definition) is 3. The van der Waals surface area contributed by atoms with Crippen molar-refractivity contribution in [3.05, 3.63) is 18.0 Å². The second kappa shape index (κ2) is 5.51. The van der Waals surface area contributed by atoms with Crippen LogP contribution in [0, 0.1) is 11.8 Å². The first kappa shape index (κ1) is 14.3. The summed E-state index contributed by atoms with van der Waals surface area (Å²) in [6.07, 6.45) is 5.01. The fourth-order valence-electron chi connectivity index (χ4n) is 2.75. The summed E-state index contributed by atoms with van der Waals surface area (Å²) in [5.41, 5.74) is 1.16. The number of carbonyl (C=O) groups excluding carboxylic acids is 1. The highest BCUT2D eigenvalue weighted by atomic mass is 35.5. The average molecular weight is 285 g/mol. The highest BCUT2D eigenvalue weighted by Crippen LogP contribution is 2.32. The Bertz CT molecular complexity index is 461. The molecule has 1 saturated heterocycles. The van der Waals surface area contributed by atoms with Gasteiger partial charge in [0.05, 0.1) is 12.1 Å². The number of nitrogens with zero attached hydrogens (tertiary/aromatic N) is 2. The van der Waals surface area contributed by atoms with Crippen molar-refractivity contribution in [2.75, 3.05) is 13.1 Å². The maximum absolute atomic E-state index is 12.3. The third kappa shape index (κ3) is 2.92. The lowest BCUT2D eigenvalue weighted by Crippen LogP contribution is -2.36. The third-order valence-corrected chi connectivity index (χ3v) is 4.14. The maximum Gasteiger partial charge on any atom is 0.225 e. The van der Waals surface area contributed by atoms with E-state index in [1.807, 2.05) is 19.4 Å². The van der Waals surface area contributed by atoms with E-state index in [9.17, 15) is 4.79 Å². The zero-order chi connectivity index (χ0) is 12.7. The number of carbonyl (C=O) groups is 1. The molecular formula is C13H21ClN4O. The van der Waals surface area contributed by atoms with Gasteiger partial charge in [0.25, 0.3) is 0 Å². The quantitative estimate of drug-likeness (QED) is 0.858. The average Bonchev–Trinajstić information content (AvgIpc) is 2.79. The minimum atomic E-state index is 0. The van der Waals surface area contributed by atoms with Crippen LogP contribution in [0.25, 0.3) is 0 Å². The van der Waals surface area contributed by atoms with Gasteiger partial charge in [-0.15, -0.1) is 12.4 Å². The Morgan fingerprint density at radius 1 is 1.53 bits per heavy atom. The molecule has 1 aromatic heterocycles. The molecule has 1 amide bonds. The molecule has 2 fully saturated rings. The predicted molar refractivity (Wildman–Crippen MR) is 75.3 cm³/mol. The summed E-state index contributed by atoms with van der Waals surface area (Å²) in [5, 5.41) is 10.7. The topological polar surface area (TPSA) is 59.0 Å². The number of aryl methyl sites for hydroxylation is 1. The Balaban J connectivity index is 0.00000133. The van der Waals surface area contributed by atoms with Crippen molar-refractivity contribution >= 4 is 18.3 Å². The van der Waals surface area contributed by atoms with Gasteiger partial charge in [0.15, 0.2) is 0 Å². The van der Waals surface area contributed by atoms with E-state index in [1.165, 1.54) is 0 Å². The summed E-state index contributed by atoms with van der Waals surface area (Å²) in [7, 11) is 1.91. The normalized spacial score (nSPS) is 32.7. The molecule has 1 aliphatic heterocycles. The third-order valence-electron chi connectivity index (χ3n) is 4.14. The van der Waals surface area contributed by atoms with E-state index < -0.39 is 0 Å². The Labute approximate surface area is 119 Å².